The summed E-state index contributed by atoms with van der Waals surface area (Å²) < 4.78 is 0. The number of nitrogens with one attached hydrogen (secondary N) is 2. The fourth-order valence-corrected chi connectivity index (χ4v) is 2.28. The number of aromatic nitrogens is 1. The lowest BCUT2D eigenvalue weighted by Crippen LogP contribution is -2.34. The molecule has 0 spiro atoms. The molecule has 1 rings (SSSR count). The van der Waals surface area contributed by atoms with Crippen LogP contribution in [0.15, 0.2) is 18.5 Å². The van der Waals surface area contributed by atoms with E-state index >= 15 is 0 Å². The van der Waals surface area contributed by atoms with Crippen LogP contribution in [0.25, 0.3) is 0 Å². The molecular formula is C17H29N3O. The van der Waals surface area contributed by atoms with Gasteiger partial charge in [0.05, 0.1) is 11.3 Å². The fourth-order valence-electron chi connectivity index (χ4n) is 2.28. The third-order valence-electron chi connectivity index (χ3n) is 3.62. The Morgan fingerprint density at radius 3 is 2.71 bits per heavy atom. The van der Waals surface area contributed by atoms with Gasteiger partial charge in [0, 0.05) is 25.5 Å². The highest BCUT2D eigenvalue weighted by Gasteiger charge is 2.19. The van der Waals surface area contributed by atoms with E-state index in [2.05, 4.69) is 36.4 Å². The first kappa shape index (κ1) is 17.5. The average molecular weight is 291 g/mol. The van der Waals surface area contributed by atoms with Crippen molar-refractivity contribution in [3.8, 4) is 0 Å². The maximum Gasteiger partial charge on any atom is 0.254 e. The van der Waals surface area contributed by atoms with Gasteiger partial charge in [0.1, 0.15) is 0 Å². The van der Waals surface area contributed by atoms with E-state index < -0.39 is 0 Å². The summed E-state index contributed by atoms with van der Waals surface area (Å²) in [7, 11) is 0. The Balaban J connectivity index is 2.57. The van der Waals surface area contributed by atoms with Crippen LogP contribution in [0.4, 0.5) is 5.69 Å². The number of pyridine rings is 1. The zero-order valence-electron chi connectivity index (χ0n) is 13.8. The molecule has 2 N–H and O–H groups in total. The van der Waals surface area contributed by atoms with Crippen molar-refractivity contribution < 1.29 is 4.79 Å². The van der Waals surface area contributed by atoms with Crippen molar-refractivity contribution in [1.82, 2.24) is 10.3 Å². The van der Waals surface area contributed by atoms with Crippen molar-refractivity contribution in [2.24, 2.45) is 5.41 Å². The van der Waals surface area contributed by atoms with Crippen LogP contribution in [0.3, 0.4) is 0 Å². The van der Waals surface area contributed by atoms with E-state index in [1.165, 1.54) is 19.3 Å². The van der Waals surface area contributed by atoms with Crippen molar-refractivity contribution >= 4 is 11.6 Å². The zero-order chi connectivity index (χ0) is 15.7. The molecule has 118 valence electrons. The van der Waals surface area contributed by atoms with Crippen molar-refractivity contribution in [3.05, 3.63) is 24.0 Å². The highest BCUT2D eigenvalue weighted by atomic mass is 16.1. The molecule has 0 saturated heterocycles. The van der Waals surface area contributed by atoms with Crippen LogP contribution in [0.2, 0.25) is 0 Å². The minimum absolute atomic E-state index is 0.0531. The Bertz CT molecular complexity index is 443. The lowest BCUT2D eigenvalue weighted by molar-refractivity contribution is 0.0934. The number of anilines is 1. The third-order valence-corrected chi connectivity index (χ3v) is 3.62. The van der Waals surface area contributed by atoms with E-state index in [4.69, 9.17) is 0 Å². The average Bonchev–Trinajstić information content (AvgIpc) is 2.46. The number of nitrogens with zero attached hydrogens (tertiary/aromatic N) is 1. The molecule has 0 unspecified atom stereocenters. The van der Waals surface area contributed by atoms with Gasteiger partial charge in [-0.15, -0.1) is 0 Å². The quantitative estimate of drug-likeness (QED) is 0.679. The summed E-state index contributed by atoms with van der Waals surface area (Å²) in [5.74, 6) is -0.0531. The molecule has 1 aromatic rings. The molecule has 0 bridgehead atoms. The summed E-state index contributed by atoms with van der Waals surface area (Å²) in [5, 5.41) is 6.24. The van der Waals surface area contributed by atoms with E-state index in [1.807, 2.05) is 13.0 Å². The molecular weight excluding hydrogens is 262 g/mol. The second-order valence-electron chi connectivity index (χ2n) is 6.26. The van der Waals surface area contributed by atoms with E-state index in [1.54, 1.807) is 12.4 Å². The first-order valence-electron chi connectivity index (χ1n) is 7.96. The summed E-state index contributed by atoms with van der Waals surface area (Å²) in [6.45, 7) is 10.1. The maximum absolute atomic E-state index is 12.3. The summed E-state index contributed by atoms with van der Waals surface area (Å²) >= 11 is 0. The Hall–Kier alpha value is -1.58. The van der Waals surface area contributed by atoms with Gasteiger partial charge in [-0.05, 0) is 24.8 Å². The van der Waals surface area contributed by atoms with Crippen molar-refractivity contribution in [3.63, 3.8) is 0 Å². The molecule has 0 fully saturated rings. The maximum atomic E-state index is 12.3. The standard InChI is InChI=1S/C17H29N3O/c1-5-7-8-10-17(3,4)13-20-16(21)14-12-18-11-9-15(14)19-6-2/h9,11-12H,5-8,10,13H2,1-4H3,(H,18,19)(H,20,21). The van der Waals surface area contributed by atoms with Crippen LogP contribution in [0, 0.1) is 5.41 Å². The predicted octanol–water partition coefficient (Wildman–Crippen LogP) is 3.85. The Morgan fingerprint density at radius 2 is 2.05 bits per heavy atom. The minimum atomic E-state index is -0.0531. The van der Waals surface area contributed by atoms with E-state index in [9.17, 15) is 4.79 Å². The fraction of sp³-hybridized carbons (Fsp3) is 0.647. The molecule has 4 heteroatoms. The van der Waals surface area contributed by atoms with Crippen LogP contribution in [-0.2, 0) is 0 Å². The van der Waals surface area contributed by atoms with Gasteiger partial charge in [-0.2, -0.15) is 0 Å². The number of rotatable bonds is 9. The smallest absolute Gasteiger partial charge is 0.254 e. The molecule has 0 aliphatic rings. The number of unbranched alkanes of at least 4 members (excludes halogenated alkanes) is 2. The zero-order valence-corrected chi connectivity index (χ0v) is 13.8. The molecule has 0 radical (unpaired) electrons. The summed E-state index contributed by atoms with van der Waals surface area (Å²) in [6.07, 6.45) is 8.15. The monoisotopic (exact) mass is 291 g/mol. The van der Waals surface area contributed by atoms with E-state index in [0.717, 1.165) is 18.7 Å². The highest BCUT2D eigenvalue weighted by molar-refractivity contribution is 5.99. The minimum Gasteiger partial charge on any atom is -0.385 e. The van der Waals surface area contributed by atoms with Crippen LogP contribution in [-0.4, -0.2) is 24.0 Å². The number of amides is 1. The SMILES string of the molecule is CCCCCC(C)(C)CNC(=O)c1cnccc1NCC. The van der Waals surface area contributed by atoms with E-state index in [0.29, 0.717) is 12.1 Å². The summed E-state index contributed by atoms with van der Waals surface area (Å²) in [6, 6.07) is 1.84. The topological polar surface area (TPSA) is 54.0 Å². The largest absolute Gasteiger partial charge is 0.385 e. The molecule has 1 aromatic heterocycles. The summed E-state index contributed by atoms with van der Waals surface area (Å²) in [5.41, 5.74) is 1.59. The molecule has 0 aliphatic heterocycles. The number of hydrogen-bond acceptors (Lipinski definition) is 3. The molecule has 0 saturated carbocycles. The lowest BCUT2D eigenvalue weighted by Gasteiger charge is -2.25. The molecule has 0 atom stereocenters. The van der Waals surface area contributed by atoms with Gasteiger partial charge in [0.15, 0.2) is 0 Å². The van der Waals surface area contributed by atoms with Gasteiger partial charge in [-0.1, -0.05) is 40.0 Å². The number of carbonyl (C=O) groups excluding carboxylic acids is 1. The van der Waals surface area contributed by atoms with Gasteiger partial charge in [0.25, 0.3) is 5.91 Å². The molecule has 1 heterocycles. The summed E-state index contributed by atoms with van der Waals surface area (Å²) in [4.78, 5) is 16.4. The van der Waals surface area contributed by atoms with Crippen LogP contribution < -0.4 is 10.6 Å². The molecule has 0 aromatic carbocycles. The number of carbonyl (C=O) groups is 1. The van der Waals surface area contributed by atoms with Crippen LogP contribution in [0.5, 0.6) is 0 Å². The molecule has 1 amide bonds. The van der Waals surface area contributed by atoms with Gasteiger partial charge in [-0.25, -0.2) is 0 Å². The predicted molar refractivity (Wildman–Crippen MR) is 88.7 cm³/mol. The Kier molecular flexibility index (Phi) is 7.20. The van der Waals surface area contributed by atoms with Crippen LogP contribution in [0.1, 0.15) is 63.7 Å². The van der Waals surface area contributed by atoms with Crippen molar-refractivity contribution in [1.29, 1.82) is 0 Å². The second-order valence-corrected chi connectivity index (χ2v) is 6.26. The molecule has 4 nitrogen and oxygen atoms in total. The second kappa shape index (κ2) is 8.65. The lowest BCUT2D eigenvalue weighted by atomic mass is 9.87. The van der Waals surface area contributed by atoms with Gasteiger partial charge < -0.3 is 10.6 Å². The Morgan fingerprint density at radius 1 is 1.29 bits per heavy atom. The highest BCUT2D eigenvalue weighted by Crippen LogP contribution is 2.23. The van der Waals surface area contributed by atoms with Crippen molar-refractivity contribution in [2.45, 2.75) is 53.4 Å². The molecule has 0 aliphatic carbocycles. The van der Waals surface area contributed by atoms with Gasteiger partial charge >= 0.3 is 0 Å². The normalized spacial score (nSPS) is 11.2. The Labute approximate surface area is 128 Å². The van der Waals surface area contributed by atoms with Crippen molar-refractivity contribution in [2.75, 3.05) is 18.4 Å². The number of hydrogen-bond donors (Lipinski definition) is 2. The van der Waals surface area contributed by atoms with Gasteiger partial charge in [0.2, 0.25) is 0 Å². The van der Waals surface area contributed by atoms with E-state index in [-0.39, 0.29) is 11.3 Å². The van der Waals surface area contributed by atoms with Crippen LogP contribution >= 0.6 is 0 Å². The first-order valence-corrected chi connectivity index (χ1v) is 7.96. The molecule has 21 heavy (non-hydrogen) atoms. The van der Waals surface area contributed by atoms with Gasteiger partial charge in [-0.3, -0.25) is 9.78 Å². The third kappa shape index (κ3) is 6.15. The first-order chi connectivity index (χ1) is 10.00.